The number of hydrogen-bond acceptors (Lipinski definition) is 4. The molecule has 1 aliphatic carbocycles. The largest absolute Gasteiger partial charge is 0.474 e. The van der Waals surface area contributed by atoms with Gasteiger partial charge in [0.2, 0.25) is 5.88 Å². The third-order valence-electron chi connectivity index (χ3n) is 6.05. The van der Waals surface area contributed by atoms with E-state index < -0.39 is 0 Å². The van der Waals surface area contributed by atoms with Gasteiger partial charge in [-0.2, -0.15) is 0 Å². The molecule has 168 valence electrons. The first-order valence-corrected chi connectivity index (χ1v) is 11.1. The van der Waals surface area contributed by atoms with Crippen LogP contribution in [0.5, 0.6) is 5.88 Å². The molecule has 3 rings (SSSR count). The second-order valence-corrected chi connectivity index (χ2v) is 8.44. The molecule has 0 atom stereocenters. The van der Waals surface area contributed by atoms with Crippen LogP contribution in [0.2, 0.25) is 0 Å². The lowest BCUT2D eigenvalue weighted by Crippen LogP contribution is -2.48. The standard InChI is InChI=1S/C23H37N5O.HI/c1-4-13-28-14-10-20(11-15-28)27-23(24-3)26-17-19-9-12-25-22(16-19)29-21-7-5-18(2)6-8-21;/h4,9,12,16,18,20-21H,1,5-8,10-11,13-15,17H2,2-3H3,(H2,24,26,27);1H. The minimum atomic E-state index is 0. The number of rotatable bonds is 7. The van der Waals surface area contributed by atoms with Gasteiger partial charge in [-0.25, -0.2) is 4.98 Å². The zero-order valence-corrected chi connectivity index (χ0v) is 20.8. The number of aliphatic imine (C=N–C) groups is 1. The second-order valence-electron chi connectivity index (χ2n) is 8.44. The lowest BCUT2D eigenvalue weighted by atomic mass is 9.89. The second kappa shape index (κ2) is 13.1. The Bertz CT molecular complexity index is 667. The van der Waals surface area contributed by atoms with Crippen LogP contribution in [0.4, 0.5) is 0 Å². The fourth-order valence-corrected chi connectivity index (χ4v) is 4.16. The molecule has 1 aromatic heterocycles. The molecule has 30 heavy (non-hydrogen) atoms. The highest BCUT2D eigenvalue weighted by molar-refractivity contribution is 14.0. The van der Waals surface area contributed by atoms with Gasteiger partial charge in [-0.1, -0.05) is 13.0 Å². The fraction of sp³-hybridized carbons (Fsp3) is 0.652. The monoisotopic (exact) mass is 527 g/mol. The van der Waals surface area contributed by atoms with E-state index >= 15 is 0 Å². The Morgan fingerprint density at radius 3 is 2.67 bits per heavy atom. The van der Waals surface area contributed by atoms with Gasteiger partial charge in [0.15, 0.2) is 5.96 Å². The van der Waals surface area contributed by atoms with E-state index in [2.05, 4.69) is 39.0 Å². The average molecular weight is 527 g/mol. The molecule has 0 radical (unpaired) electrons. The number of nitrogens with one attached hydrogen (secondary N) is 2. The molecule has 1 saturated carbocycles. The summed E-state index contributed by atoms with van der Waals surface area (Å²) >= 11 is 0. The number of aromatic nitrogens is 1. The van der Waals surface area contributed by atoms with Crippen molar-refractivity contribution in [1.29, 1.82) is 0 Å². The molecule has 0 spiro atoms. The van der Waals surface area contributed by atoms with Gasteiger partial charge in [0.1, 0.15) is 6.10 Å². The maximum atomic E-state index is 6.13. The number of piperidine rings is 1. The summed E-state index contributed by atoms with van der Waals surface area (Å²) in [5.74, 6) is 2.42. The van der Waals surface area contributed by atoms with Crippen LogP contribution in [0.1, 0.15) is 51.0 Å². The summed E-state index contributed by atoms with van der Waals surface area (Å²) < 4.78 is 6.13. The Balaban J connectivity index is 0.00000320. The molecular formula is C23H38IN5O. The van der Waals surface area contributed by atoms with Crippen LogP contribution < -0.4 is 15.4 Å². The Morgan fingerprint density at radius 2 is 2.00 bits per heavy atom. The highest BCUT2D eigenvalue weighted by Gasteiger charge is 2.20. The summed E-state index contributed by atoms with van der Waals surface area (Å²) in [6, 6.07) is 4.54. The van der Waals surface area contributed by atoms with Crippen LogP contribution in [0.15, 0.2) is 36.0 Å². The van der Waals surface area contributed by atoms with E-state index in [0.717, 1.165) is 68.6 Å². The molecule has 2 N–H and O–H groups in total. The number of likely N-dealkylation sites (tertiary alicyclic amines) is 1. The summed E-state index contributed by atoms with van der Waals surface area (Å²) in [7, 11) is 1.83. The molecule has 0 bridgehead atoms. The minimum Gasteiger partial charge on any atom is -0.474 e. The number of pyridine rings is 1. The first kappa shape index (κ1) is 24.9. The summed E-state index contributed by atoms with van der Waals surface area (Å²) in [5, 5.41) is 6.99. The molecule has 0 aromatic carbocycles. The number of hydrogen-bond donors (Lipinski definition) is 2. The van der Waals surface area contributed by atoms with Gasteiger partial charge in [-0.05, 0) is 56.1 Å². The molecule has 2 heterocycles. The lowest BCUT2D eigenvalue weighted by Gasteiger charge is -2.32. The van der Waals surface area contributed by atoms with E-state index in [9.17, 15) is 0 Å². The topological polar surface area (TPSA) is 61.8 Å². The molecule has 2 fully saturated rings. The molecule has 0 unspecified atom stereocenters. The van der Waals surface area contributed by atoms with Crippen molar-refractivity contribution in [3.63, 3.8) is 0 Å². The molecule has 1 saturated heterocycles. The molecule has 6 nitrogen and oxygen atoms in total. The van der Waals surface area contributed by atoms with E-state index in [1.165, 1.54) is 12.8 Å². The van der Waals surface area contributed by atoms with Crippen LogP contribution in [0.3, 0.4) is 0 Å². The van der Waals surface area contributed by atoms with Crippen molar-refractivity contribution < 1.29 is 4.74 Å². The number of guanidine groups is 1. The van der Waals surface area contributed by atoms with Crippen LogP contribution in [-0.4, -0.2) is 54.7 Å². The number of halogens is 1. The first-order chi connectivity index (χ1) is 14.2. The van der Waals surface area contributed by atoms with E-state index in [1.807, 2.05) is 31.5 Å². The Labute approximate surface area is 199 Å². The highest BCUT2D eigenvalue weighted by atomic mass is 127. The van der Waals surface area contributed by atoms with Crippen LogP contribution in [-0.2, 0) is 6.54 Å². The van der Waals surface area contributed by atoms with Crippen molar-refractivity contribution in [3.05, 3.63) is 36.5 Å². The van der Waals surface area contributed by atoms with Gasteiger partial charge in [0.05, 0.1) is 0 Å². The predicted molar refractivity (Wildman–Crippen MR) is 135 cm³/mol. The molecule has 7 heteroatoms. The van der Waals surface area contributed by atoms with Crippen molar-refractivity contribution >= 4 is 29.9 Å². The zero-order chi connectivity index (χ0) is 20.5. The molecule has 2 aliphatic rings. The summed E-state index contributed by atoms with van der Waals surface area (Å²) in [6.07, 6.45) is 11.1. The van der Waals surface area contributed by atoms with Gasteiger partial charge in [-0.3, -0.25) is 9.89 Å². The van der Waals surface area contributed by atoms with Crippen molar-refractivity contribution in [1.82, 2.24) is 20.5 Å². The van der Waals surface area contributed by atoms with Gasteiger partial charge >= 0.3 is 0 Å². The SMILES string of the molecule is C=CCN1CCC(NC(=NC)NCc2ccnc(OC3CCC(C)CC3)c2)CC1.I. The van der Waals surface area contributed by atoms with Gasteiger partial charge in [-0.15, -0.1) is 30.6 Å². The Morgan fingerprint density at radius 1 is 1.27 bits per heavy atom. The third-order valence-corrected chi connectivity index (χ3v) is 6.05. The van der Waals surface area contributed by atoms with Crippen molar-refractivity contribution in [3.8, 4) is 5.88 Å². The molecule has 1 aliphatic heterocycles. The van der Waals surface area contributed by atoms with E-state index in [4.69, 9.17) is 4.74 Å². The normalized spacial score (nSPS) is 23.3. The van der Waals surface area contributed by atoms with E-state index in [-0.39, 0.29) is 24.0 Å². The number of ether oxygens (including phenoxy) is 1. The number of nitrogens with zero attached hydrogens (tertiary/aromatic N) is 3. The van der Waals surface area contributed by atoms with Crippen LogP contribution >= 0.6 is 24.0 Å². The molecule has 1 aromatic rings. The summed E-state index contributed by atoms with van der Waals surface area (Å²) in [5.41, 5.74) is 1.16. The molecular weight excluding hydrogens is 489 g/mol. The molecule has 0 amide bonds. The maximum absolute atomic E-state index is 6.13. The van der Waals surface area contributed by atoms with Crippen LogP contribution in [0.25, 0.3) is 0 Å². The quantitative estimate of drug-likeness (QED) is 0.243. The van der Waals surface area contributed by atoms with Crippen LogP contribution in [0, 0.1) is 5.92 Å². The average Bonchev–Trinajstić information content (AvgIpc) is 2.74. The van der Waals surface area contributed by atoms with E-state index in [0.29, 0.717) is 18.7 Å². The van der Waals surface area contributed by atoms with Gasteiger partial charge in [0.25, 0.3) is 0 Å². The van der Waals surface area contributed by atoms with Crippen molar-refractivity contribution in [2.75, 3.05) is 26.7 Å². The highest BCUT2D eigenvalue weighted by Crippen LogP contribution is 2.26. The van der Waals surface area contributed by atoms with E-state index in [1.54, 1.807) is 0 Å². The fourth-order valence-electron chi connectivity index (χ4n) is 4.16. The first-order valence-electron chi connectivity index (χ1n) is 11.1. The smallest absolute Gasteiger partial charge is 0.213 e. The van der Waals surface area contributed by atoms with Crippen molar-refractivity contribution in [2.45, 2.75) is 64.1 Å². The Hall–Kier alpha value is -1.35. The predicted octanol–water partition coefficient (Wildman–Crippen LogP) is 3.97. The van der Waals surface area contributed by atoms with Gasteiger partial charge < -0.3 is 15.4 Å². The Kier molecular flexibility index (Phi) is 10.9. The summed E-state index contributed by atoms with van der Waals surface area (Å²) in [4.78, 5) is 11.2. The maximum Gasteiger partial charge on any atom is 0.213 e. The van der Waals surface area contributed by atoms with Gasteiger partial charge in [0, 0.05) is 51.5 Å². The van der Waals surface area contributed by atoms with Crippen molar-refractivity contribution in [2.24, 2.45) is 10.9 Å². The zero-order valence-electron chi connectivity index (χ0n) is 18.5. The summed E-state index contributed by atoms with van der Waals surface area (Å²) in [6.45, 7) is 10.0. The third kappa shape index (κ3) is 8.06. The minimum absolute atomic E-state index is 0. The lowest BCUT2D eigenvalue weighted by molar-refractivity contribution is 0.130.